The third-order valence-corrected chi connectivity index (χ3v) is 5.12. The molecule has 2 aromatic carbocycles. The van der Waals surface area contributed by atoms with Gasteiger partial charge in [-0.25, -0.2) is 4.98 Å². The van der Waals surface area contributed by atoms with Gasteiger partial charge in [0.25, 0.3) is 0 Å². The maximum Gasteiger partial charge on any atom is 0.138 e. The lowest BCUT2D eigenvalue weighted by Gasteiger charge is -2.03. The summed E-state index contributed by atoms with van der Waals surface area (Å²) in [6.07, 6.45) is 3.59. The van der Waals surface area contributed by atoms with E-state index in [1.54, 1.807) is 12.4 Å². The molecular formula is C19H10Br2N4. The van der Waals surface area contributed by atoms with Crippen LogP contribution in [0.15, 0.2) is 63.8 Å². The van der Waals surface area contributed by atoms with Crippen molar-refractivity contribution in [2.24, 2.45) is 0 Å². The first-order valence-corrected chi connectivity index (χ1v) is 9.27. The normalized spacial score (nSPS) is 11.6. The van der Waals surface area contributed by atoms with Crippen LogP contribution in [0.25, 0.3) is 44.2 Å². The predicted molar refractivity (Wildman–Crippen MR) is 108 cm³/mol. The molecule has 0 fully saturated rings. The van der Waals surface area contributed by atoms with E-state index in [1.807, 2.05) is 36.4 Å². The number of aromatic amines is 1. The summed E-state index contributed by atoms with van der Waals surface area (Å²) >= 11 is 7.08. The molecule has 1 N–H and O–H groups in total. The van der Waals surface area contributed by atoms with Crippen LogP contribution in [0, 0.1) is 0 Å². The number of imidazole rings is 1. The van der Waals surface area contributed by atoms with Crippen LogP contribution in [-0.2, 0) is 0 Å². The maximum absolute atomic E-state index is 4.88. The molecule has 3 heterocycles. The molecule has 0 aliphatic heterocycles. The summed E-state index contributed by atoms with van der Waals surface area (Å²) in [5.74, 6) is 0.818. The second kappa shape index (κ2) is 5.61. The van der Waals surface area contributed by atoms with Crippen molar-refractivity contribution in [3.63, 3.8) is 0 Å². The van der Waals surface area contributed by atoms with Gasteiger partial charge in [0.1, 0.15) is 5.82 Å². The average molecular weight is 454 g/mol. The largest absolute Gasteiger partial charge is 0.337 e. The van der Waals surface area contributed by atoms with Gasteiger partial charge in [-0.15, -0.1) is 0 Å². The zero-order chi connectivity index (χ0) is 17.0. The molecule has 0 saturated carbocycles. The lowest BCUT2D eigenvalue weighted by Crippen LogP contribution is -1.86. The van der Waals surface area contributed by atoms with Crippen molar-refractivity contribution in [3.8, 4) is 11.4 Å². The fourth-order valence-corrected chi connectivity index (χ4v) is 4.46. The Balaban J connectivity index is 1.94. The standard InChI is InChI=1S/C19H10Br2N4/c20-11-7-10(8-12(21)9-11)19-24-17-13-3-1-5-22-15(13)16-14(18(17)25-19)4-2-6-23-16/h1-9H,(H,24,25). The fourth-order valence-electron chi connectivity index (χ4n) is 3.17. The minimum Gasteiger partial charge on any atom is -0.337 e. The van der Waals surface area contributed by atoms with Crippen LogP contribution >= 0.6 is 31.9 Å². The summed E-state index contributed by atoms with van der Waals surface area (Å²) in [5.41, 5.74) is 4.66. The molecule has 0 bridgehead atoms. The monoisotopic (exact) mass is 452 g/mol. The molecular weight excluding hydrogens is 444 g/mol. The number of hydrogen-bond acceptors (Lipinski definition) is 3. The second-order valence-electron chi connectivity index (χ2n) is 5.77. The number of hydrogen-bond donors (Lipinski definition) is 1. The molecule has 5 rings (SSSR count). The molecule has 0 saturated heterocycles. The van der Waals surface area contributed by atoms with Crippen LogP contribution < -0.4 is 0 Å². The predicted octanol–water partition coefficient (Wildman–Crippen LogP) is 5.85. The smallest absolute Gasteiger partial charge is 0.138 e. The van der Waals surface area contributed by atoms with E-state index in [0.29, 0.717) is 0 Å². The van der Waals surface area contributed by atoms with Gasteiger partial charge in [-0.1, -0.05) is 31.9 Å². The Morgan fingerprint density at radius 3 is 2.12 bits per heavy atom. The van der Waals surface area contributed by atoms with Crippen molar-refractivity contribution in [3.05, 3.63) is 63.8 Å². The van der Waals surface area contributed by atoms with Crippen LogP contribution in [0.5, 0.6) is 0 Å². The van der Waals surface area contributed by atoms with E-state index in [0.717, 1.165) is 53.2 Å². The highest BCUT2D eigenvalue weighted by Gasteiger charge is 2.15. The minimum absolute atomic E-state index is 0.818. The number of pyridine rings is 2. The van der Waals surface area contributed by atoms with E-state index in [-0.39, 0.29) is 0 Å². The van der Waals surface area contributed by atoms with Crippen molar-refractivity contribution in [1.29, 1.82) is 0 Å². The first-order valence-electron chi connectivity index (χ1n) is 7.68. The highest BCUT2D eigenvalue weighted by atomic mass is 79.9. The third-order valence-electron chi connectivity index (χ3n) is 4.20. The van der Waals surface area contributed by atoms with Crippen LogP contribution in [-0.4, -0.2) is 19.9 Å². The van der Waals surface area contributed by atoms with Gasteiger partial charge in [0.15, 0.2) is 0 Å². The molecule has 4 nitrogen and oxygen atoms in total. The molecule has 0 aliphatic carbocycles. The number of halogens is 2. The van der Waals surface area contributed by atoms with Crippen molar-refractivity contribution >= 4 is 64.7 Å². The minimum atomic E-state index is 0.818. The van der Waals surface area contributed by atoms with Crippen LogP contribution in [0.3, 0.4) is 0 Å². The van der Waals surface area contributed by atoms with E-state index < -0.39 is 0 Å². The fraction of sp³-hybridized carbons (Fsp3) is 0. The van der Waals surface area contributed by atoms with Gasteiger partial charge < -0.3 is 4.98 Å². The Bertz CT molecular complexity index is 1180. The maximum atomic E-state index is 4.88. The molecule has 0 aliphatic rings. The van der Waals surface area contributed by atoms with Gasteiger partial charge in [-0.3, -0.25) is 9.97 Å². The topological polar surface area (TPSA) is 54.5 Å². The molecule has 0 radical (unpaired) electrons. The van der Waals surface area contributed by atoms with E-state index in [4.69, 9.17) is 4.98 Å². The lowest BCUT2D eigenvalue weighted by atomic mass is 10.1. The van der Waals surface area contributed by atoms with Gasteiger partial charge in [0.2, 0.25) is 0 Å². The number of fused-ring (bicyclic) bond motifs is 6. The highest BCUT2D eigenvalue weighted by Crippen LogP contribution is 2.34. The van der Waals surface area contributed by atoms with Crippen molar-refractivity contribution in [2.45, 2.75) is 0 Å². The molecule has 0 spiro atoms. The quantitative estimate of drug-likeness (QED) is 0.324. The van der Waals surface area contributed by atoms with Gasteiger partial charge in [0, 0.05) is 37.7 Å². The molecule has 120 valence electrons. The van der Waals surface area contributed by atoms with Gasteiger partial charge >= 0.3 is 0 Å². The number of nitrogens with one attached hydrogen (secondary N) is 1. The molecule has 5 aromatic rings. The van der Waals surface area contributed by atoms with Crippen molar-refractivity contribution < 1.29 is 0 Å². The Kier molecular flexibility index (Phi) is 3.36. The number of aromatic nitrogens is 4. The summed E-state index contributed by atoms with van der Waals surface area (Å²) < 4.78 is 1.99. The first kappa shape index (κ1) is 15.0. The summed E-state index contributed by atoms with van der Waals surface area (Å²) in [5, 5.41) is 2.02. The third kappa shape index (κ3) is 2.36. The number of benzene rings is 2. The Morgan fingerprint density at radius 2 is 1.40 bits per heavy atom. The molecule has 3 aromatic heterocycles. The Hall–Kier alpha value is -2.31. The zero-order valence-electron chi connectivity index (χ0n) is 12.8. The van der Waals surface area contributed by atoms with Gasteiger partial charge in [-0.05, 0) is 42.5 Å². The zero-order valence-corrected chi connectivity index (χ0v) is 16.0. The molecule has 0 amide bonds. The molecule has 0 atom stereocenters. The van der Waals surface area contributed by atoms with Crippen LogP contribution in [0.2, 0.25) is 0 Å². The van der Waals surface area contributed by atoms with E-state index in [1.165, 1.54) is 0 Å². The van der Waals surface area contributed by atoms with E-state index >= 15 is 0 Å². The summed E-state index contributed by atoms with van der Waals surface area (Å²) in [6, 6.07) is 14.1. The van der Waals surface area contributed by atoms with Gasteiger partial charge in [0.05, 0.1) is 22.1 Å². The van der Waals surface area contributed by atoms with Crippen LogP contribution in [0.1, 0.15) is 0 Å². The van der Waals surface area contributed by atoms with E-state index in [2.05, 4.69) is 52.9 Å². The summed E-state index contributed by atoms with van der Waals surface area (Å²) in [4.78, 5) is 17.4. The summed E-state index contributed by atoms with van der Waals surface area (Å²) in [7, 11) is 0. The molecule has 6 heteroatoms. The Labute approximate surface area is 159 Å². The average Bonchev–Trinajstić information content (AvgIpc) is 3.07. The number of nitrogens with zero attached hydrogens (tertiary/aromatic N) is 3. The lowest BCUT2D eigenvalue weighted by molar-refractivity contribution is 1.33. The SMILES string of the molecule is Brc1cc(Br)cc(-c2nc3c4cccnc4c4ncccc4c3[nH]2)c1. The summed E-state index contributed by atoms with van der Waals surface area (Å²) in [6.45, 7) is 0. The number of rotatable bonds is 1. The second-order valence-corrected chi connectivity index (χ2v) is 7.60. The number of H-pyrrole nitrogens is 1. The van der Waals surface area contributed by atoms with Crippen molar-refractivity contribution in [2.75, 3.05) is 0 Å². The first-order chi connectivity index (χ1) is 12.2. The Morgan fingerprint density at radius 1 is 0.760 bits per heavy atom. The van der Waals surface area contributed by atoms with Crippen molar-refractivity contribution in [1.82, 2.24) is 19.9 Å². The molecule has 25 heavy (non-hydrogen) atoms. The van der Waals surface area contributed by atoms with E-state index in [9.17, 15) is 0 Å². The highest BCUT2D eigenvalue weighted by molar-refractivity contribution is 9.11. The van der Waals surface area contributed by atoms with Crippen LogP contribution in [0.4, 0.5) is 0 Å². The molecule has 0 unspecified atom stereocenters. The van der Waals surface area contributed by atoms with Gasteiger partial charge in [-0.2, -0.15) is 0 Å².